The minimum Gasteiger partial charge on any atom is -0.496 e. The molecule has 1 saturated heterocycles. The molecule has 104 valence electrons. The molecule has 0 bridgehead atoms. The predicted octanol–water partition coefficient (Wildman–Crippen LogP) is 1.04. The molecule has 1 aliphatic heterocycles. The molecular weight excluding hydrogens is 242 g/mol. The minimum absolute atomic E-state index is 0.0460. The summed E-state index contributed by atoms with van der Waals surface area (Å²) in [5, 5.41) is 2.87. The van der Waals surface area contributed by atoms with Crippen molar-refractivity contribution in [1.82, 2.24) is 5.32 Å². The standard InChI is InChI=1S/C14H21N3O2/c1-9(15)13-11(5-4-6-12(13)19-3)17-8-7-16-14(18)10(17)2/h4-6,9-10H,7-8,15H2,1-3H3,(H,16,18). The van der Waals surface area contributed by atoms with Crippen molar-refractivity contribution in [3.05, 3.63) is 23.8 Å². The van der Waals surface area contributed by atoms with Crippen LogP contribution in [0.25, 0.3) is 0 Å². The van der Waals surface area contributed by atoms with Gasteiger partial charge in [-0.3, -0.25) is 4.79 Å². The van der Waals surface area contributed by atoms with E-state index >= 15 is 0 Å². The second-order valence-electron chi connectivity index (χ2n) is 4.84. The molecule has 5 heteroatoms. The van der Waals surface area contributed by atoms with Gasteiger partial charge in [0.2, 0.25) is 5.91 Å². The number of anilines is 1. The molecule has 1 aromatic rings. The number of rotatable bonds is 3. The molecule has 1 fully saturated rings. The Labute approximate surface area is 113 Å². The SMILES string of the molecule is COc1cccc(N2CCNC(=O)C2C)c1C(C)N. The summed E-state index contributed by atoms with van der Waals surface area (Å²) in [6.45, 7) is 5.26. The van der Waals surface area contributed by atoms with Crippen molar-refractivity contribution >= 4 is 11.6 Å². The van der Waals surface area contributed by atoms with E-state index in [4.69, 9.17) is 10.5 Å². The van der Waals surface area contributed by atoms with Crippen LogP contribution in [0.5, 0.6) is 5.75 Å². The first-order chi connectivity index (χ1) is 9.06. The Morgan fingerprint density at radius 1 is 1.53 bits per heavy atom. The Bertz CT molecular complexity index is 474. The van der Waals surface area contributed by atoms with E-state index in [1.165, 1.54) is 0 Å². The van der Waals surface area contributed by atoms with E-state index in [0.717, 1.165) is 23.5 Å². The van der Waals surface area contributed by atoms with Crippen LogP contribution in [0.4, 0.5) is 5.69 Å². The number of nitrogens with two attached hydrogens (primary N) is 1. The van der Waals surface area contributed by atoms with Crippen molar-refractivity contribution in [1.29, 1.82) is 0 Å². The van der Waals surface area contributed by atoms with E-state index in [9.17, 15) is 4.79 Å². The van der Waals surface area contributed by atoms with E-state index in [-0.39, 0.29) is 18.0 Å². The van der Waals surface area contributed by atoms with E-state index in [0.29, 0.717) is 6.54 Å². The third-order valence-corrected chi connectivity index (χ3v) is 3.53. The highest BCUT2D eigenvalue weighted by molar-refractivity contribution is 5.86. The molecule has 19 heavy (non-hydrogen) atoms. The smallest absolute Gasteiger partial charge is 0.242 e. The van der Waals surface area contributed by atoms with Crippen LogP contribution in [0.1, 0.15) is 25.5 Å². The van der Waals surface area contributed by atoms with Gasteiger partial charge in [-0.1, -0.05) is 6.07 Å². The van der Waals surface area contributed by atoms with E-state index in [1.54, 1.807) is 7.11 Å². The number of amides is 1. The minimum atomic E-state index is -0.196. The number of nitrogens with one attached hydrogen (secondary N) is 1. The zero-order chi connectivity index (χ0) is 14.0. The molecule has 2 unspecified atom stereocenters. The summed E-state index contributed by atoms with van der Waals surface area (Å²) in [5.41, 5.74) is 8.00. The fourth-order valence-electron chi connectivity index (χ4n) is 2.53. The van der Waals surface area contributed by atoms with Crippen LogP contribution < -0.4 is 20.7 Å². The highest BCUT2D eigenvalue weighted by atomic mass is 16.5. The number of carbonyl (C=O) groups excluding carboxylic acids is 1. The monoisotopic (exact) mass is 263 g/mol. The Morgan fingerprint density at radius 3 is 2.89 bits per heavy atom. The van der Waals surface area contributed by atoms with Gasteiger partial charge in [0.25, 0.3) is 0 Å². The number of piperazine rings is 1. The molecule has 0 radical (unpaired) electrons. The zero-order valence-electron chi connectivity index (χ0n) is 11.6. The Kier molecular flexibility index (Phi) is 3.95. The summed E-state index contributed by atoms with van der Waals surface area (Å²) in [7, 11) is 1.64. The average Bonchev–Trinajstić information content (AvgIpc) is 2.40. The Balaban J connectivity index is 2.46. The fourth-order valence-corrected chi connectivity index (χ4v) is 2.53. The molecule has 2 rings (SSSR count). The topological polar surface area (TPSA) is 67.6 Å². The number of hydrogen-bond acceptors (Lipinski definition) is 4. The van der Waals surface area contributed by atoms with Gasteiger partial charge in [-0.25, -0.2) is 0 Å². The molecule has 1 amide bonds. The number of methoxy groups -OCH3 is 1. The molecule has 1 heterocycles. The van der Waals surface area contributed by atoms with Crippen LogP contribution in [0.15, 0.2) is 18.2 Å². The van der Waals surface area contributed by atoms with Crippen molar-refractivity contribution in [3.63, 3.8) is 0 Å². The maximum Gasteiger partial charge on any atom is 0.242 e. The molecule has 3 N–H and O–H groups in total. The molecule has 0 aromatic heterocycles. The molecule has 0 spiro atoms. The summed E-state index contributed by atoms with van der Waals surface area (Å²) in [6, 6.07) is 5.48. The largest absolute Gasteiger partial charge is 0.496 e. The van der Waals surface area contributed by atoms with Gasteiger partial charge >= 0.3 is 0 Å². The molecule has 0 aliphatic carbocycles. The third kappa shape index (κ3) is 2.51. The second-order valence-corrected chi connectivity index (χ2v) is 4.84. The quantitative estimate of drug-likeness (QED) is 0.855. The van der Waals surface area contributed by atoms with Gasteiger partial charge in [0, 0.05) is 30.4 Å². The van der Waals surface area contributed by atoms with Gasteiger partial charge in [0.15, 0.2) is 0 Å². The maximum atomic E-state index is 11.8. The van der Waals surface area contributed by atoms with Crippen molar-refractivity contribution in [2.24, 2.45) is 5.73 Å². The van der Waals surface area contributed by atoms with Gasteiger partial charge in [-0.05, 0) is 26.0 Å². The molecule has 1 aromatic carbocycles. The Morgan fingerprint density at radius 2 is 2.26 bits per heavy atom. The van der Waals surface area contributed by atoms with Gasteiger partial charge in [0.1, 0.15) is 11.8 Å². The van der Waals surface area contributed by atoms with Crippen LogP contribution in [0.3, 0.4) is 0 Å². The number of nitrogens with zero attached hydrogens (tertiary/aromatic N) is 1. The molecule has 2 atom stereocenters. The normalized spacial score (nSPS) is 20.9. The van der Waals surface area contributed by atoms with Crippen LogP contribution >= 0.6 is 0 Å². The lowest BCUT2D eigenvalue weighted by atomic mass is 10.0. The van der Waals surface area contributed by atoms with E-state index in [1.807, 2.05) is 32.0 Å². The number of carbonyl (C=O) groups is 1. The third-order valence-electron chi connectivity index (χ3n) is 3.53. The summed E-state index contributed by atoms with van der Waals surface area (Å²) in [5.74, 6) is 0.815. The van der Waals surface area contributed by atoms with Crippen LogP contribution in [0, 0.1) is 0 Å². The Hall–Kier alpha value is -1.75. The highest BCUT2D eigenvalue weighted by Gasteiger charge is 2.28. The number of benzene rings is 1. The number of hydrogen-bond donors (Lipinski definition) is 2. The summed E-state index contributed by atoms with van der Waals surface area (Å²) >= 11 is 0. The van der Waals surface area contributed by atoms with Crippen LogP contribution in [-0.2, 0) is 4.79 Å². The van der Waals surface area contributed by atoms with Crippen LogP contribution in [-0.4, -0.2) is 32.1 Å². The maximum absolute atomic E-state index is 11.8. The van der Waals surface area contributed by atoms with Crippen LogP contribution in [0.2, 0.25) is 0 Å². The van der Waals surface area contributed by atoms with E-state index in [2.05, 4.69) is 10.2 Å². The second kappa shape index (κ2) is 5.48. The van der Waals surface area contributed by atoms with Crippen molar-refractivity contribution in [3.8, 4) is 5.75 Å². The lowest BCUT2D eigenvalue weighted by Crippen LogP contribution is -2.54. The summed E-state index contributed by atoms with van der Waals surface area (Å²) < 4.78 is 5.39. The predicted molar refractivity (Wildman–Crippen MR) is 75.4 cm³/mol. The van der Waals surface area contributed by atoms with E-state index < -0.39 is 0 Å². The lowest BCUT2D eigenvalue weighted by molar-refractivity contribution is -0.122. The first-order valence-corrected chi connectivity index (χ1v) is 6.53. The van der Waals surface area contributed by atoms with Crippen molar-refractivity contribution in [2.45, 2.75) is 25.9 Å². The highest BCUT2D eigenvalue weighted by Crippen LogP contribution is 2.34. The molecular formula is C14H21N3O2. The van der Waals surface area contributed by atoms with Crippen molar-refractivity contribution in [2.75, 3.05) is 25.1 Å². The first kappa shape index (κ1) is 13.7. The van der Waals surface area contributed by atoms with Gasteiger partial charge in [-0.2, -0.15) is 0 Å². The fraction of sp³-hybridized carbons (Fsp3) is 0.500. The lowest BCUT2D eigenvalue weighted by Gasteiger charge is -2.36. The molecule has 0 saturated carbocycles. The number of ether oxygens (including phenoxy) is 1. The van der Waals surface area contributed by atoms with Gasteiger partial charge < -0.3 is 20.7 Å². The average molecular weight is 263 g/mol. The summed E-state index contributed by atoms with van der Waals surface area (Å²) in [4.78, 5) is 13.9. The zero-order valence-corrected chi connectivity index (χ0v) is 11.6. The summed E-state index contributed by atoms with van der Waals surface area (Å²) in [6.07, 6.45) is 0. The molecule has 1 aliphatic rings. The van der Waals surface area contributed by atoms with Crippen molar-refractivity contribution < 1.29 is 9.53 Å². The van der Waals surface area contributed by atoms with Gasteiger partial charge in [-0.15, -0.1) is 0 Å². The molecule has 5 nitrogen and oxygen atoms in total. The first-order valence-electron chi connectivity index (χ1n) is 6.53. The van der Waals surface area contributed by atoms with Gasteiger partial charge in [0.05, 0.1) is 7.11 Å².